The molecule has 1 aromatic carbocycles. The first-order chi connectivity index (χ1) is 12.9. The molecule has 0 atom stereocenters. The van der Waals surface area contributed by atoms with E-state index < -0.39 is 11.6 Å². The fraction of sp³-hybridized carbons (Fsp3) is 0.294. The maximum atomic E-state index is 14.3. The summed E-state index contributed by atoms with van der Waals surface area (Å²) in [5.74, 6) is -1.43. The lowest BCUT2D eigenvalue weighted by Gasteiger charge is -2.13. The number of fused-ring (bicyclic) bond motifs is 1. The van der Waals surface area contributed by atoms with E-state index in [1.807, 2.05) is 0 Å². The molecule has 1 aliphatic rings. The molecule has 8 nitrogen and oxygen atoms in total. The van der Waals surface area contributed by atoms with E-state index in [0.717, 1.165) is 17.7 Å². The summed E-state index contributed by atoms with van der Waals surface area (Å²) in [5, 5.41) is 10.6. The van der Waals surface area contributed by atoms with Crippen LogP contribution in [0.15, 0.2) is 27.4 Å². The SMILES string of the molecule is CN(Cc1n[nH]c(=O)o1)C(=O)c1nn(-c2cc(Cl)ccc2F)c2c1CCC2. The standard InChI is InChI=1S/C17H15ClFN5O3/c1-23(8-14-20-21-17(26)27-14)16(25)15-10-3-2-4-12(10)24(22-15)13-7-9(18)5-6-11(13)19/h5-7H,2-4,8H2,1H3,(H,21,26). The predicted molar refractivity (Wildman–Crippen MR) is 93.5 cm³/mol. The van der Waals surface area contributed by atoms with Crippen LogP contribution in [0.4, 0.5) is 4.39 Å². The van der Waals surface area contributed by atoms with Crippen molar-refractivity contribution in [1.29, 1.82) is 0 Å². The molecule has 2 heterocycles. The van der Waals surface area contributed by atoms with Crippen LogP contribution >= 0.6 is 11.6 Å². The Balaban J connectivity index is 1.70. The number of aromatic nitrogens is 4. The van der Waals surface area contributed by atoms with Crippen molar-refractivity contribution >= 4 is 17.5 Å². The van der Waals surface area contributed by atoms with Gasteiger partial charge in [-0.25, -0.2) is 19.0 Å². The molecule has 3 aromatic rings. The highest BCUT2D eigenvalue weighted by molar-refractivity contribution is 6.30. The zero-order valence-corrected chi connectivity index (χ0v) is 15.1. The Kier molecular flexibility index (Phi) is 4.31. The predicted octanol–water partition coefficient (Wildman–Crippen LogP) is 2.10. The smallest absolute Gasteiger partial charge is 0.391 e. The second-order valence-electron chi connectivity index (χ2n) is 6.30. The van der Waals surface area contributed by atoms with Crippen LogP contribution < -0.4 is 5.76 Å². The third kappa shape index (κ3) is 3.14. The minimum absolute atomic E-state index is 0.00470. The molecule has 0 fully saturated rings. The van der Waals surface area contributed by atoms with E-state index in [1.165, 1.54) is 27.8 Å². The van der Waals surface area contributed by atoms with Crippen LogP contribution in [0.3, 0.4) is 0 Å². The van der Waals surface area contributed by atoms with E-state index in [9.17, 15) is 14.0 Å². The van der Waals surface area contributed by atoms with E-state index in [-0.39, 0.29) is 29.7 Å². The minimum atomic E-state index is -0.688. The quantitative estimate of drug-likeness (QED) is 0.734. The summed E-state index contributed by atoms with van der Waals surface area (Å²) in [7, 11) is 1.55. The minimum Gasteiger partial charge on any atom is -0.391 e. The third-order valence-corrected chi connectivity index (χ3v) is 4.71. The Morgan fingerprint density at radius 2 is 2.26 bits per heavy atom. The average molecular weight is 392 g/mol. The van der Waals surface area contributed by atoms with E-state index in [0.29, 0.717) is 17.9 Å². The Labute approximate surface area is 157 Å². The molecule has 0 unspecified atom stereocenters. The maximum absolute atomic E-state index is 14.3. The molecule has 4 rings (SSSR count). The number of carbonyl (C=O) groups is 1. The summed E-state index contributed by atoms with van der Waals surface area (Å²) in [6.45, 7) is 0.00470. The van der Waals surface area contributed by atoms with Gasteiger partial charge in [0.15, 0.2) is 5.69 Å². The van der Waals surface area contributed by atoms with Gasteiger partial charge in [-0.1, -0.05) is 11.6 Å². The van der Waals surface area contributed by atoms with Gasteiger partial charge in [0.05, 0.1) is 6.54 Å². The normalized spacial score (nSPS) is 13.0. The molecular formula is C17H15ClFN5O3. The molecular weight excluding hydrogens is 377 g/mol. The van der Waals surface area contributed by atoms with E-state index in [1.54, 1.807) is 7.05 Å². The molecule has 1 aliphatic carbocycles. The summed E-state index contributed by atoms with van der Waals surface area (Å²) in [5.41, 5.74) is 2.07. The zero-order valence-electron chi connectivity index (χ0n) is 14.3. The van der Waals surface area contributed by atoms with Crippen molar-refractivity contribution in [2.75, 3.05) is 7.05 Å². The van der Waals surface area contributed by atoms with Gasteiger partial charge in [0.1, 0.15) is 11.5 Å². The van der Waals surface area contributed by atoms with Crippen LogP contribution in [0, 0.1) is 5.82 Å². The lowest BCUT2D eigenvalue weighted by Crippen LogP contribution is -2.27. The number of hydrogen-bond donors (Lipinski definition) is 1. The molecule has 0 radical (unpaired) electrons. The Morgan fingerprint density at radius 3 is 3.00 bits per heavy atom. The molecule has 1 N–H and O–H groups in total. The molecule has 0 spiro atoms. The molecule has 10 heteroatoms. The summed E-state index contributed by atoms with van der Waals surface area (Å²) in [6.07, 6.45) is 2.23. The summed E-state index contributed by atoms with van der Waals surface area (Å²) in [4.78, 5) is 25.3. The summed E-state index contributed by atoms with van der Waals surface area (Å²) >= 11 is 6.00. The first-order valence-electron chi connectivity index (χ1n) is 8.30. The topological polar surface area (TPSA) is 97.0 Å². The van der Waals surface area contributed by atoms with Gasteiger partial charge in [-0.2, -0.15) is 5.10 Å². The van der Waals surface area contributed by atoms with Crippen LogP contribution in [0.5, 0.6) is 0 Å². The van der Waals surface area contributed by atoms with Crippen molar-refractivity contribution in [1.82, 2.24) is 24.9 Å². The van der Waals surface area contributed by atoms with E-state index >= 15 is 0 Å². The van der Waals surface area contributed by atoms with Crippen LogP contribution in [0.1, 0.15) is 34.1 Å². The van der Waals surface area contributed by atoms with Crippen LogP contribution in [-0.2, 0) is 19.4 Å². The molecule has 0 aliphatic heterocycles. The van der Waals surface area contributed by atoms with Gasteiger partial charge in [-0.05, 0) is 37.5 Å². The van der Waals surface area contributed by atoms with Crippen molar-refractivity contribution in [3.8, 4) is 5.69 Å². The van der Waals surface area contributed by atoms with Gasteiger partial charge in [0, 0.05) is 23.3 Å². The zero-order chi connectivity index (χ0) is 19.1. The van der Waals surface area contributed by atoms with Crippen molar-refractivity contribution in [2.24, 2.45) is 0 Å². The van der Waals surface area contributed by atoms with Crippen molar-refractivity contribution in [2.45, 2.75) is 25.8 Å². The first kappa shape index (κ1) is 17.5. The maximum Gasteiger partial charge on any atom is 0.434 e. The van der Waals surface area contributed by atoms with Gasteiger partial charge >= 0.3 is 5.76 Å². The average Bonchev–Trinajstić information content (AvgIpc) is 3.33. The highest BCUT2D eigenvalue weighted by Crippen LogP contribution is 2.30. The highest BCUT2D eigenvalue weighted by Gasteiger charge is 2.29. The summed E-state index contributed by atoms with van der Waals surface area (Å²) in [6, 6.07) is 4.22. The number of amides is 1. The molecule has 1 amide bonds. The fourth-order valence-corrected chi connectivity index (χ4v) is 3.41. The summed E-state index contributed by atoms with van der Waals surface area (Å²) < 4.78 is 20.6. The third-order valence-electron chi connectivity index (χ3n) is 4.47. The molecule has 2 aromatic heterocycles. The molecule has 27 heavy (non-hydrogen) atoms. The van der Waals surface area contributed by atoms with Crippen LogP contribution in [0.25, 0.3) is 5.69 Å². The number of nitrogens with zero attached hydrogens (tertiary/aromatic N) is 4. The monoisotopic (exact) mass is 391 g/mol. The van der Waals surface area contributed by atoms with Gasteiger partial charge in [0.2, 0.25) is 5.89 Å². The second kappa shape index (κ2) is 6.66. The van der Waals surface area contributed by atoms with E-state index in [4.69, 9.17) is 16.0 Å². The van der Waals surface area contributed by atoms with Gasteiger partial charge < -0.3 is 9.32 Å². The number of benzene rings is 1. The number of rotatable bonds is 4. The molecule has 0 bridgehead atoms. The van der Waals surface area contributed by atoms with Crippen molar-refractivity contribution in [3.63, 3.8) is 0 Å². The first-order valence-corrected chi connectivity index (χ1v) is 8.68. The number of carbonyl (C=O) groups excluding carboxylic acids is 1. The second-order valence-corrected chi connectivity index (χ2v) is 6.74. The molecule has 140 valence electrons. The van der Waals surface area contributed by atoms with Crippen molar-refractivity contribution < 1.29 is 13.6 Å². The molecule has 0 saturated heterocycles. The Morgan fingerprint density at radius 1 is 1.44 bits per heavy atom. The van der Waals surface area contributed by atoms with Crippen molar-refractivity contribution in [3.05, 3.63) is 62.4 Å². The van der Waals surface area contributed by atoms with Gasteiger partial charge in [-0.3, -0.25) is 4.79 Å². The lowest BCUT2D eigenvalue weighted by atomic mass is 10.2. The number of halogens is 2. The van der Waals surface area contributed by atoms with Gasteiger partial charge in [-0.15, -0.1) is 5.10 Å². The fourth-order valence-electron chi connectivity index (χ4n) is 3.24. The Hall–Kier alpha value is -2.94. The Bertz CT molecular complexity index is 1090. The largest absolute Gasteiger partial charge is 0.434 e. The highest BCUT2D eigenvalue weighted by atomic mass is 35.5. The number of nitrogens with one attached hydrogen (secondary N) is 1. The lowest BCUT2D eigenvalue weighted by molar-refractivity contribution is 0.0764. The van der Waals surface area contributed by atoms with Gasteiger partial charge in [0.25, 0.3) is 5.91 Å². The van der Waals surface area contributed by atoms with E-state index in [2.05, 4.69) is 15.3 Å². The number of H-pyrrole nitrogens is 1. The van der Waals surface area contributed by atoms with Crippen LogP contribution in [-0.4, -0.2) is 37.8 Å². The molecule has 0 saturated carbocycles. The van der Waals surface area contributed by atoms with Crippen LogP contribution in [0.2, 0.25) is 5.02 Å². The number of hydrogen-bond acceptors (Lipinski definition) is 5. The number of aromatic amines is 1.